The molecule has 0 radical (unpaired) electrons. The van der Waals surface area contributed by atoms with E-state index in [2.05, 4.69) is 0 Å². The van der Waals surface area contributed by atoms with Gasteiger partial charge >= 0.3 is 0 Å². The molecule has 7 heteroatoms. The largest absolute Gasteiger partial charge is 0.298 e. The van der Waals surface area contributed by atoms with Crippen molar-refractivity contribution < 1.29 is 17.6 Å². The lowest BCUT2D eigenvalue weighted by Crippen LogP contribution is -2.49. The fraction of sp³-hybridized carbons (Fsp3) is 0.500. The first-order chi connectivity index (χ1) is 9.86. The molecule has 0 atom stereocenters. The average molecular weight is 314 g/mol. The monoisotopic (exact) mass is 314 g/mol. The van der Waals surface area contributed by atoms with E-state index in [-0.39, 0.29) is 24.6 Å². The molecule has 1 aliphatic rings. The highest BCUT2D eigenvalue weighted by atomic mass is 32.2. The van der Waals surface area contributed by atoms with E-state index in [4.69, 9.17) is 0 Å². The van der Waals surface area contributed by atoms with Crippen LogP contribution in [0.5, 0.6) is 0 Å². The van der Waals surface area contributed by atoms with Crippen molar-refractivity contribution in [2.45, 2.75) is 6.42 Å². The Morgan fingerprint density at radius 3 is 2.38 bits per heavy atom. The van der Waals surface area contributed by atoms with Gasteiger partial charge in [0.05, 0.1) is 12.8 Å². The van der Waals surface area contributed by atoms with E-state index in [1.807, 2.05) is 4.90 Å². The van der Waals surface area contributed by atoms with Gasteiger partial charge in [-0.25, -0.2) is 12.8 Å². The molecule has 116 valence electrons. The number of hydrogen-bond donors (Lipinski definition) is 0. The maximum atomic E-state index is 13.5. The van der Waals surface area contributed by atoms with Crippen molar-refractivity contribution in [3.63, 3.8) is 0 Å². The molecule has 0 bridgehead atoms. The summed E-state index contributed by atoms with van der Waals surface area (Å²) in [6.07, 6.45) is 1.25. The van der Waals surface area contributed by atoms with Crippen LogP contribution in [0.15, 0.2) is 24.3 Å². The van der Waals surface area contributed by atoms with Crippen molar-refractivity contribution in [2.24, 2.45) is 0 Å². The zero-order valence-corrected chi connectivity index (χ0v) is 12.8. The van der Waals surface area contributed by atoms with E-state index in [9.17, 15) is 17.6 Å². The number of carbonyl (C=O) groups is 1. The molecule has 1 heterocycles. The Labute approximate surface area is 124 Å². The molecule has 1 saturated heterocycles. The van der Waals surface area contributed by atoms with Gasteiger partial charge in [-0.3, -0.25) is 9.69 Å². The van der Waals surface area contributed by atoms with E-state index in [0.29, 0.717) is 31.7 Å². The Hall–Kier alpha value is -1.31. The molecular weight excluding hydrogens is 295 g/mol. The van der Waals surface area contributed by atoms with Gasteiger partial charge in [-0.2, -0.15) is 4.31 Å². The Kier molecular flexibility index (Phi) is 5.08. The third kappa shape index (κ3) is 4.59. The number of carbonyl (C=O) groups excluding carboxylic acids is 1. The van der Waals surface area contributed by atoms with Crippen molar-refractivity contribution in [1.29, 1.82) is 0 Å². The minimum absolute atomic E-state index is 0.0621. The minimum atomic E-state index is -3.16. The lowest BCUT2D eigenvalue weighted by molar-refractivity contribution is -0.119. The van der Waals surface area contributed by atoms with Crippen LogP contribution in [0.2, 0.25) is 0 Å². The van der Waals surface area contributed by atoms with E-state index in [1.54, 1.807) is 18.2 Å². The lowest BCUT2D eigenvalue weighted by atomic mass is 10.1. The summed E-state index contributed by atoms with van der Waals surface area (Å²) in [5.41, 5.74) is 0.400. The summed E-state index contributed by atoms with van der Waals surface area (Å²) >= 11 is 0. The molecule has 21 heavy (non-hydrogen) atoms. The molecule has 5 nitrogen and oxygen atoms in total. The van der Waals surface area contributed by atoms with Crippen LogP contribution in [-0.2, 0) is 21.2 Å². The summed E-state index contributed by atoms with van der Waals surface area (Å²) in [5, 5.41) is 0. The Morgan fingerprint density at radius 2 is 1.81 bits per heavy atom. The van der Waals surface area contributed by atoms with Crippen LogP contribution >= 0.6 is 0 Å². The van der Waals surface area contributed by atoms with Gasteiger partial charge in [0.1, 0.15) is 5.82 Å². The number of hydrogen-bond acceptors (Lipinski definition) is 4. The Morgan fingerprint density at radius 1 is 1.19 bits per heavy atom. The summed E-state index contributed by atoms with van der Waals surface area (Å²) in [6, 6.07) is 6.24. The molecule has 0 saturated carbocycles. The van der Waals surface area contributed by atoms with Crippen LogP contribution in [0.1, 0.15) is 5.56 Å². The second-order valence-electron chi connectivity index (χ2n) is 5.25. The van der Waals surface area contributed by atoms with Crippen molar-refractivity contribution in [3.05, 3.63) is 35.6 Å². The Balaban J connectivity index is 1.84. The number of sulfonamides is 1. The topological polar surface area (TPSA) is 57.7 Å². The lowest BCUT2D eigenvalue weighted by Gasteiger charge is -2.32. The van der Waals surface area contributed by atoms with Gasteiger partial charge in [-0.15, -0.1) is 0 Å². The fourth-order valence-corrected chi connectivity index (χ4v) is 3.21. The molecule has 0 unspecified atom stereocenters. The standard InChI is InChI=1S/C14H19FN2O3S/c1-21(19,20)17-8-6-16(7-9-17)11-13(18)10-12-4-2-3-5-14(12)15/h2-5H,6-11H2,1H3. The highest BCUT2D eigenvalue weighted by Crippen LogP contribution is 2.09. The normalized spacial score (nSPS) is 17.8. The van der Waals surface area contributed by atoms with Crippen LogP contribution in [0.3, 0.4) is 0 Å². The third-order valence-corrected chi connectivity index (χ3v) is 4.85. The molecule has 0 N–H and O–H groups in total. The molecule has 1 aliphatic heterocycles. The van der Waals surface area contributed by atoms with Gasteiger partial charge in [-0.1, -0.05) is 18.2 Å². The van der Waals surface area contributed by atoms with Crippen molar-refractivity contribution in [1.82, 2.24) is 9.21 Å². The zero-order chi connectivity index (χ0) is 15.5. The number of ketones is 1. The van der Waals surface area contributed by atoms with Crippen molar-refractivity contribution in [2.75, 3.05) is 39.0 Å². The fourth-order valence-electron chi connectivity index (χ4n) is 2.38. The molecule has 0 spiro atoms. The van der Waals surface area contributed by atoms with E-state index in [0.717, 1.165) is 0 Å². The number of Topliss-reactive ketones (excluding diaryl/α,β-unsaturated/α-hetero) is 1. The molecule has 1 fully saturated rings. The van der Waals surface area contributed by atoms with Gasteiger partial charge < -0.3 is 0 Å². The van der Waals surface area contributed by atoms with Crippen LogP contribution in [0.4, 0.5) is 4.39 Å². The summed E-state index contributed by atoms with van der Waals surface area (Å²) < 4.78 is 37.7. The number of nitrogens with zero attached hydrogens (tertiary/aromatic N) is 2. The molecule has 1 aromatic carbocycles. The maximum absolute atomic E-state index is 13.5. The van der Waals surface area contributed by atoms with Gasteiger partial charge in [0.2, 0.25) is 10.0 Å². The molecular formula is C14H19FN2O3S. The van der Waals surface area contributed by atoms with E-state index >= 15 is 0 Å². The molecule has 2 rings (SSSR count). The highest BCUT2D eigenvalue weighted by molar-refractivity contribution is 7.88. The summed E-state index contributed by atoms with van der Waals surface area (Å²) in [6.45, 7) is 2.07. The van der Waals surface area contributed by atoms with E-state index < -0.39 is 10.0 Å². The van der Waals surface area contributed by atoms with E-state index in [1.165, 1.54) is 16.6 Å². The summed E-state index contributed by atoms with van der Waals surface area (Å²) in [5.74, 6) is -0.430. The van der Waals surface area contributed by atoms with Gasteiger partial charge in [0.25, 0.3) is 0 Å². The average Bonchev–Trinajstić information content (AvgIpc) is 2.41. The second-order valence-corrected chi connectivity index (χ2v) is 7.23. The smallest absolute Gasteiger partial charge is 0.211 e. The van der Waals surface area contributed by atoms with Crippen LogP contribution in [-0.4, -0.2) is 62.4 Å². The first-order valence-corrected chi connectivity index (χ1v) is 8.63. The van der Waals surface area contributed by atoms with Crippen molar-refractivity contribution >= 4 is 15.8 Å². The maximum Gasteiger partial charge on any atom is 0.211 e. The van der Waals surface area contributed by atoms with Crippen LogP contribution in [0.25, 0.3) is 0 Å². The minimum Gasteiger partial charge on any atom is -0.298 e. The predicted octanol–water partition coefficient (Wildman–Crippen LogP) is 0.515. The highest BCUT2D eigenvalue weighted by Gasteiger charge is 2.24. The first kappa shape index (κ1) is 16.1. The number of rotatable bonds is 5. The zero-order valence-electron chi connectivity index (χ0n) is 12.0. The van der Waals surface area contributed by atoms with Gasteiger partial charge in [0.15, 0.2) is 5.78 Å². The number of piperazine rings is 1. The van der Waals surface area contributed by atoms with Gasteiger partial charge in [-0.05, 0) is 11.6 Å². The second kappa shape index (κ2) is 6.64. The predicted molar refractivity (Wildman–Crippen MR) is 78.0 cm³/mol. The summed E-state index contributed by atoms with van der Waals surface area (Å²) in [4.78, 5) is 13.9. The molecule has 1 aromatic rings. The van der Waals surface area contributed by atoms with Crippen LogP contribution in [0, 0.1) is 5.82 Å². The summed E-state index contributed by atoms with van der Waals surface area (Å²) in [7, 11) is -3.16. The van der Waals surface area contributed by atoms with Crippen molar-refractivity contribution in [3.8, 4) is 0 Å². The quantitative estimate of drug-likeness (QED) is 0.795. The SMILES string of the molecule is CS(=O)(=O)N1CCN(CC(=O)Cc2ccccc2F)CC1. The molecule has 0 aromatic heterocycles. The number of halogens is 1. The third-order valence-electron chi connectivity index (χ3n) is 3.55. The first-order valence-electron chi connectivity index (χ1n) is 6.79. The van der Waals surface area contributed by atoms with Crippen LogP contribution < -0.4 is 0 Å². The number of benzene rings is 1. The molecule has 0 aliphatic carbocycles. The Bertz CT molecular complexity index is 610. The molecule has 0 amide bonds. The van der Waals surface area contributed by atoms with Gasteiger partial charge in [0, 0.05) is 32.6 Å².